The van der Waals surface area contributed by atoms with E-state index in [9.17, 15) is 29.8 Å². The highest BCUT2D eigenvalue weighted by Crippen LogP contribution is 2.22. The average Bonchev–Trinajstić information content (AvgIpc) is 2.79. The highest BCUT2D eigenvalue weighted by Gasteiger charge is 2.19. The van der Waals surface area contributed by atoms with Gasteiger partial charge < -0.3 is 10.1 Å². The Morgan fingerprint density at radius 3 is 2.22 bits per heavy atom. The van der Waals surface area contributed by atoms with Crippen LogP contribution in [0.25, 0.3) is 11.3 Å². The largest absolute Gasteiger partial charge is 0.497 e. The smallest absolute Gasteiger partial charge is 0.277 e. The number of nitrogens with zero attached hydrogens (tertiary/aromatic N) is 4. The molecule has 1 amide bonds. The van der Waals surface area contributed by atoms with Crippen LogP contribution in [0.1, 0.15) is 10.4 Å². The molecule has 12 heteroatoms. The molecule has 0 fully saturated rings. The summed E-state index contributed by atoms with van der Waals surface area (Å²) < 4.78 is 6.37. The van der Waals surface area contributed by atoms with E-state index in [-0.39, 0.29) is 24.2 Å². The van der Waals surface area contributed by atoms with Gasteiger partial charge in [-0.2, -0.15) is 0 Å². The molecular formula is C20H17N5O7. The summed E-state index contributed by atoms with van der Waals surface area (Å²) in [6, 6.07) is 11.0. The van der Waals surface area contributed by atoms with Gasteiger partial charge in [0.05, 0.1) is 40.6 Å². The maximum absolute atomic E-state index is 12.4. The summed E-state index contributed by atoms with van der Waals surface area (Å²) in [5.41, 5.74) is -0.507. The molecule has 0 atom stereocenters. The fraction of sp³-hybridized carbons (Fsp3) is 0.150. The van der Waals surface area contributed by atoms with Crippen molar-refractivity contribution in [1.29, 1.82) is 0 Å². The summed E-state index contributed by atoms with van der Waals surface area (Å²) in [5.74, 6) is -0.0698. The zero-order chi connectivity index (χ0) is 23.3. The second-order valence-electron chi connectivity index (χ2n) is 6.54. The molecule has 0 unspecified atom stereocenters. The standard InChI is InChI=1S/C20H17N5O7/c1-32-17-4-2-13(3-5-17)18-11-19(26)23(12-22-18)7-6-21-20(27)14-8-15(24(28)29)10-16(9-14)25(30)31/h2-5,8-12H,6-7H2,1H3,(H,21,27). The van der Waals surface area contributed by atoms with E-state index in [2.05, 4.69) is 10.3 Å². The van der Waals surface area contributed by atoms with E-state index in [0.717, 1.165) is 23.8 Å². The molecule has 0 saturated carbocycles. The van der Waals surface area contributed by atoms with Crippen LogP contribution in [0.3, 0.4) is 0 Å². The first-order valence-electron chi connectivity index (χ1n) is 9.21. The van der Waals surface area contributed by atoms with Gasteiger partial charge in [0, 0.05) is 36.9 Å². The van der Waals surface area contributed by atoms with Crippen LogP contribution < -0.4 is 15.6 Å². The van der Waals surface area contributed by atoms with Gasteiger partial charge in [-0.15, -0.1) is 0 Å². The first-order chi connectivity index (χ1) is 15.3. The summed E-state index contributed by atoms with van der Waals surface area (Å²) in [5, 5.41) is 24.4. The molecule has 0 aliphatic heterocycles. The van der Waals surface area contributed by atoms with Crippen LogP contribution in [0.2, 0.25) is 0 Å². The number of nitro groups is 2. The molecule has 0 spiro atoms. The Kier molecular flexibility index (Phi) is 6.53. The summed E-state index contributed by atoms with van der Waals surface area (Å²) in [6.45, 7) is 0.0796. The second-order valence-corrected chi connectivity index (χ2v) is 6.54. The molecule has 0 aliphatic rings. The van der Waals surface area contributed by atoms with Gasteiger partial charge in [-0.05, 0) is 24.3 Å². The van der Waals surface area contributed by atoms with E-state index >= 15 is 0 Å². The number of carbonyl (C=O) groups is 1. The predicted molar refractivity (Wildman–Crippen MR) is 113 cm³/mol. The maximum Gasteiger partial charge on any atom is 0.277 e. The van der Waals surface area contributed by atoms with E-state index < -0.39 is 27.1 Å². The minimum absolute atomic E-state index is 0.00120. The minimum Gasteiger partial charge on any atom is -0.497 e. The third kappa shape index (κ3) is 5.11. The quantitative estimate of drug-likeness (QED) is 0.413. The highest BCUT2D eigenvalue weighted by atomic mass is 16.6. The summed E-state index contributed by atoms with van der Waals surface area (Å²) in [7, 11) is 1.55. The fourth-order valence-electron chi connectivity index (χ4n) is 2.84. The molecule has 164 valence electrons. The van der Waals surface area contributed by atoms with Crippen molar-refractivity contribution in [3.05, 3.63) is 91.0 Å². The number of ether oxygens (including phenoxy) is 1. The van der Waals surface area contributed by atoms with Gasteiger partial charge in [0.15, 0.2) is 0 Å². The van der Waals surface area contributed by atoms with Gasteiger partial charge >= 0.3 is 0 Å². The van der Waals surface area contributed by atoms with E-state index in [1.807, 2.05) is 0 Å². The van der Waals surface area contributed by atoms with Crippen molar-refractivity contribution in [2.45, 2.75) is 6.54 Å². The van der Waals surface area contributed by atoms with Crippen LogP contribution in [0.5, 0.6) is 5.75 Å². The second kappa shape index (κ2) is 9.47. The zero-order valence-electron chi connectivity index (χ0n) is 16.8. The van der Waals surface area contributed by atoms with Crippen molar-refractivity contribution < 1.29 is 19.4 Å². The summed E-state index contributed by atoms with van der Waals surface area (Å²) in [4.78, 5) is 49.1. The number of hydrogen-bond acceptors (Lipinski definition) is 8. The lowest BCUT2D eigenvalue weighted by atomic mass is 10.1. The molecule has 0 bridgehead atoms. The Hall–Kier alpha value is -4.61. The van der Waals surface area contributed by atoms with E-state index in [4.69, 9.17) is 4.74 Å². The molecule has 1 heterocycles. The number of hydrogen-bond donors (Lipinski definition) is 1. The van der Waals surface area contributed by atoms with Crippen LogP contribution in [0.15, 0.2) is 59.7 Å². The van der Waals surface area contributed by atoms with Crippen LogP contribution >= 0.6 is 0 Å². The van der Waals surface area contributed by atoms with Gasteiger partial charge in [-0.25, -0.2) is 4.98 Å². The fourth-order valence-corrected chi connectivity index (χ4v) is 2.84. The maximum atomic E-state index is 12.4. The third-order valence-corrected chi connectivity index (χ3v) is 4.49. The van der Waals surface area contributed by atoms with Crippen LogP contribution in [-0.4, -0.2) is 39.0 Å². The van der Waals surface area contributed by atoms with Crippen LogP contribution in [0.4, 0.5) is 11.4 Å². The normalized spacial score (nSPS) is 10.4. The molecule has 3 rings (SSSR count). The Balaban J connectivity index is 1.67. The van der Waals surface area contributed by atoms with Gasteiger partial charge in [0.25, 0.3) is 22.8 Å². The lowest BCUT2D eigenvalue weighted by Gasteiger charge is -2.09. The molecule has 12 nitrogen and oxygen atoms in total. The summed E-state index contributed by atoms with van der Waals surface area (Å²) >= 11 is 0. The average molecular weight is 439 g/mol. The Morgan fingerprint density at radius 1 is 1.06 bits per heavy atom. The Bertz CT molecular complexity index is 1210. The van der Waals surface area contributed by atoms with Gasteiger partial charge in [-0.3, -0.25) is 34.4 Å². The van der Waals surface area contributed by atoms with Crippen molar-refractivity contribution in [3.63, 3.8) is 0 Å². The van der Waals surface area contributed by atoms with Crippen molar-refractivity contribution in [3.8, 4) is 17.0 Å². The number of nitrogens with one attached hydrogen (secondary N) is 1. The number of carbonyl (C=O) groups excluding carboxylic acids is 1. The molecule has 2 aromatic carbocycles. The number of methoxy groups -OCH3 is 1. The number of aromatic nitrogens is 2. The molecular weight excluding hydrogens is 422 g/mol. The van der Waals surface area contributed by atoms with Crippen LogP contribution in [-0.2, 0) is 6.54 Å². The molecule has 1 aromatic heterocycles. The van der Waals surface area contributed by atoms with Crippen molar-refractivity contribution in [2.24, 2.45) is 0 Å². The van der Waals surface area contributed by atoms with Gasteiger partial charge in [0.2, 0.25) is 0 Å². The molecule has 32 heavy (non-hydrogen) atoms. The highest BCUT2D eigenvalue weighted by molar-refractivity contribution is 5.95. The van der Waals surface area contributed by atoms with Gasteiger partial charge in [0.1, 0.15) is 5.75 Å². The molecule has 1 N–H and O–H groups in total. The predicted octanol–water partition coefficient (Wildman–Crippen LogP) is 2.17. The van der Waals surface area contributed by atoms with Crippen molar-refractivity contribution in [1.82, 2.24) is 14.9 Å². The van der Waals surface area contributed by atoms with Crippen LogP contribution in [0, 0.1) is 20.2 Å². The van der Waals surface area contributed by atoms with Crippen molar-refractivity contribution >= 4 is 17.3 Å². The summed E-state index contributed by atoms with van der Waals surface area (Å²) in [6.07, 6.45) is 1.34. The number of rotatable bonds is 8. The molecule has 0 saturated heterocycles. The minimum atomic E-state index is -0.820. The molecule has 0 aliphatic carbocycles. The van der Waals surface area contributed by atoms with E-state index in [1.54, 1.807) is 31.4 Å². The molecule has 3 aromatic rings. The van der Waals surface area contributed by atoms with Crippen molar-refractivity contribution in [2.75, 3.05) is 13.7 Å². The van der Waals surface area contributed by atoms with E-state index in [1.165, 1.54) is 17.0 Å². The first-order valence-corrected chi connectivity index (χ1v) is 9.21. The van der Waals surface area contributed by atoms with E-state index in [0.29, 0.717) is 11.4 Å². The molecule has 0 radical (unpaired) electrons. The van der Waals surface area contributed by atoms with Gasteiger partial charge in [-0.1, -0.05) is 0 Å². The number of non-ortho nitro benzene ring substituents is 2. The number of benzene rings is 2. The Morgan fingerprint density at radius 2 is 1.69 bits per heavy atom. The lowest BCUT2D eigenvalue weighted by molar-refractivity contribution is -0.394. The number of nitro benzene ring substituents is 2. The topological polar surface area (TPSA) is 160 Å². The first kappa shape index (κ1) is 22.1. The number of amides is 1. The SMILES string of the molecule is COc1ccc(-c2cc(=O)n(CCNC(=O)c3cc([N+](=O)[O-])cc([N+](=O)[O-])c3)cn2)cc1. The monoisotopic (exact) mass is 439 g/mol. The zero-order valence-corrected chi connectivity index (χ0v) is 16.8. The Labute approximate surface area is 180 Å². The third-order valence-electron chi connectivity index (χ3n) is 4.49. The lowest BCUT2D eigenvalue weighted by Crippen LogP contribution is -2.30.